The molecular formula is C50H27N3OS. The smallest absolute Gasteiger partial charge is 0.236 e. The number of thiophene rings is 1. The second-order valence-electron chi connectivity index (χ2n) is 14.4. The number of benzene rings is 9. The van der Waals surface area contributed by atoms with Crippen LogP contribution in [0.3, 0.4) is 0 Å². The van der Waals surface area contributed by atoms with Gasteiger partial charge in [-0.15, -0.1) is 11.3 Å². The SMILES string of the molecule is c1ccc2c(c1)ccc1c3c4c5ccccc5c5ccccc5c4ccc3n(-c3nc(-c4cccc5c4sc4ccccc45)c4oc5ccccc5c4n3)c21. The zero-order chi connectivity index (χ0) is 35.8. The molecular weight excluding hydrogens is 691 g/mol. The molecule has 0 bridgehead atoms. The van der Waals surface area contributed by atoms with Crippen LogP contribution < -0.4 is 0 Å². The summed E-state index contributed by atoms with van der Waals surface area (Å²) in [5.74, 6) is 0.618. The van der Waals surface area contributed by atoms with Crippen molar-refractivity contribution in [1.82, 2.24) is 14.5 Å². The van der Waals surface area contributed by atoms with Gasteiger partial charge in [0.1, 0.15) is 16.8 Å². The molecule has 0 saturated carbocycles. The van der Waals surface area contributed by atoms with Crippen LogP contribution in [0.2, 0.25) is 0 Å². The summed E-state index contributed by atoms with van der Waals surface area (Å²) in [6.07, 6.45) is 0. The van der Waals surface area contributed by atoms with Crippen LogP contribution in [0, 0.1) is 0 Å². The van der Waals surface area contributed by atoms with Crippen LogP contribution in [-0.4, -0.2) is 14.5 Å². The third-order valence-corrected chi connectivity index (χ3v) is 12.8. The highest BCUT2D eigenvalue weighted by atomic mass is 32.1. The minimum absolute atomic E-state index is 0.618. The Morgan fingerprint density at radius 1 is 0.455 bits per heavy atom. The summed E-state index contributed by atoms with van der Waals surface area (Å²) in [5.41, 5.74) is 6.30. The monoisotopic (exact) mass is 717 g/mol. The third kappa shape index (κ3) is 3.89. The zero-order valence-corrected chi connectivity index (χ0v) is 30.1. The van der Waals surface area contributed by atoms with Crippen molar-refractivity contribution in [2.75, 3.05) is 0 Å². The Balaban J connectivity index is 1.25. The minimum Gasteiger partial charge on any atom is -0.452 e. The third-order valence-electron chi connectivity index (χ3n) is 11.6. The number of furan rings is 1. The van der Waals surface area contributed by atoms with E-state index < -0.39 is 0 Å². The molecule has 254 valence electrons. The molecule has 0 fully saturated rings. The van der Waals surface area contributed by atoms with E-state index in [9.17, 15) is 0 Å². The molecule has 0 N–H and O–H groups in total. The van der Waals surface area contributed by atoms with Crippen molar-refractivity contribution in [2.24, 2.45) is 0 Å². The van der Waals surface area contributed by atoms with Crippen LogP contribution in [0.1, 0.15) is 0 Å². The molecule has 9 aromatic carbocycles. The van der Waals surface area contributed by atoms with Crippen LogP contribution in [-0.2, 0) is 0 Å². The molecule has 5 heteroatoms. The Morgan fingerprint density at radius 2 is 1.09 bits per heavy atom. The second-order valence-corrected chi connectivity index (χ2v) is 15.5. The topological polar surface area (TPSA) is 43.9 Å². The van der Waals surface area contributed by atoms with E-state index in [1.807, 2.05) is 12.1 Å². The van der Waals surface area contributed by atoms with Crippen LogP contribution in [0.5, 0.6) is 0 Å². The minimum atomic E-state index is 0.618. The summed E-state index contributed by atoms with van der Waals surface area (Å²) in [6, 6.07) is 58.8. The molecule has 0 aliphatic carbocycles. The Bertz CT molecular complexity index is 3760. The molecule has 55 heavy (non-hydrogen) atoms. The average molecular weight is 718 g/mol. The largest absolute Gasteiger partial charge is 0.452 e. The maximum absolute atomic E-state index is 6.70. The van der Waals surface area contributed by atoms with E-state index in [1.165, 1.54) is 68.6 Å². The van der Waals surface area contributed by atoms with Crippen LogP contribution in [0.4, 0.5) is 0 Å². The van der Waals surface area contributed by atoms with E-state index in [0.29, 0.717) is 11.5 Å². The summed E-state index contributed by atoms with van der Waals surface area (Å²) in [5, 5.41) is 15.6. The van der Waals surface area contributed by atoms with Crippen molar-refractivity contribution in [3.63, 3.8) is 0 Å². The Morgan fingerprint density at radius 3 is 1.93 bits per heavy atom. The summed E-state index contributed by atoms with van der Waals surface area (Å²) >= 11 is 1.80. The molecule has 4 nitrogen and oxygen atoms in total. The first kappa shape index (κ1) is 29.4. The van der Waals surface area contributed by atoms with E-state index in [1.54, 1.807) is 11.3 Å². The maximum atomic E-state index is 6.70. The summed E-state index contributed by atoms with van der Waals surface area (Å²) in [4.78, 5) is 11.1. The number of rotatable bonds is 2. The highest BCUT2D eigenvalue weighted by Crippen LogP contribution is 2.46. The molecule has 13 rings (SSSR count). The van der Waals surface area contributed by atoms with Gasteiger partial charge in [0.15, 0.2) is 5.58 Å². The van der Waals surface area contributed by atoms with Crippen molar-refractivity contribution in [3.05, 3.63) is 164 Å². The van der Waals surface area contributed by atoms with Gasteiger partial charge in [0.25, 0.3) is 0 Å². The van der Waals surface area contributed by atoms with E-state index in [0.717, 1.165) is 44.2 Å². The van der Waals surface area contributed by atoms with Gasteiger partial charge in [0, 0.05) is 52.7 Å². The van der Waals surface area contributed by atoms with Crippen LogP contribution in [0.25, 0.3) is 124 Å². The lowest BCUT2D eigenvalue weighted by atomic mass is 9.91. The number of hydrogen-bond acceptors (Lipinski definition) is 4. The average Bonchev–Trinajstić information content (AvgIpc) is 3.93. The molecule has 0 unspecified atom stereocenters. The number of hydrogen-bond donors (Lipinski definition) is 0. The first-order chi connectivity index (χ1) is 27.3. The maximum Gasteiger partial charge on any atom is 0.236 e. The zero-order valence-electron chi connectivity index (χ0n) is 29.2. The van der Waals surface area contributed by atoms with Gasteiger partial charge in [0.05, 0.1) is 11.0 Å². The van der Waals surface area contributed by atoms with Gasteiger partial charge in [-0.1, -0.05) is 140 Å². The Kier molecular flexibility index (Phi) is 5.74. The predicted molar refractivity (Wildman–Crippen MR) is 232 cm³/mol. The number of para-hydroxylation sites is 1. The number of fused-ring (bicyclic) bond motifs is 18. The Labute approximate surface area is 317 Å². The second kappa shape index (κ2) is 10.8. The lowest BCUT2D eigenvalue weighted by molar-refractivity contribution is 0.666. The molecule has 0 radical (unpaired) electrons. The van der Waals surface area contributed by atoms with Gasteiger partial charge in [-0.3, -0.25) is 4.57 Å². The van der Waals surface area contributed by atoms with E-state index in [-0.39, 0.29) is 0 Å². The molecule has 0 saturated heterocycles. The molecule has 0 spiro atoms. The fraction of sp³-hybridized carbons (Fsp3) is 0. The van der Waals surface area contributed by atoms with E-state index in [2.05, 4.69) is 156 Å². The van der Waals surface area contributed by atoms with Crippen molar-refractivity contribution >= 4 is 118 Å². The molecule has 0 amide bonds. The highest BCUT2D eigenvalue weighted by Gasteiger charge is 2.25. The van der Waals surface area contributed by atoms with Crippen molar-refractivity contribution in [2.45, 2.75) is 0 Å². The van der Waals surface area contributed by atoms with Crippen molar-refractivity contribution < 1.29 is 4.42 Å². The molecule has 4 heterocycles. The summed E-state index contributed by atoms with van der Waals surface area (Å²) < 4.78 is 11.4. The molecule has 4 aromatic heterocycles. The molecule has 0 aliphatic heterocycles. The highest BCUT2D eigenvalue weighted by molar-refractivity contribution is 7.26. The quantitative estimate of drug-likeness (QED) is 0.167. The number of aromatic nitrogens is 3. The van der Waals surface area contributed by atoms with Crippen molar-refractivity contribution in [1.29, 1.82) is 0 Å². The fourth-order valence-corrected chi connectivity index (χ4v) is 10.5. The lowest BCUT2D eigenvalue weighted by Crippen LogP contribution is -2.03. The fourth-order valence-electron chi connectivity index (χ4n) is 9.26. The van der Waals surface area contributed by atoms with Gasteiger partial charge in [-0.05, 0) is 56.6 Å². The lowest BCUT2D eigenvalue weighted by Gasteiger charge is -2.13. The van der Waals surface area contributed by atoms with Crippen LogP contribution >= 0.6 is 11.3 Å². The first-order valence-electron chi connectivity index (χ1n) is 18.6. The number of nitrogens with zero attached hydrogens (tertiary/aromatic N) is 3. The summed E-state index contributed by atoms with van der Waals surface area (Å²) in [7, 11) is 0. The molecule has 13 aromatic rings. The molecule has 0 aliphatic rings. The van der Waals surface area contributed by atoms with Gasteiger partial charge < -0.3 is 4.42 Å². The van der Waals surface area contributed by atoms with Crippen molar-refractivity contribution in [3.8, 4) is 17.2 Å². The molecule has 0 atom stereocenters. The van der Waals surface area contributed by atoms with Gasteiger partial charge in [-0.2, -0.15) is 0 Å². The van der Waals surface area contributed by atoms with E-state index >= 15 is 0 Å². The van der Waals surface area contributed by atoms with Gasteiger partial charge >= 0.3 is 0 Å². The Hall–Kier alpha value is -7.08. The van der Waals surface area contributed by atoms with Gasteiger partial charge in [-0.25, -0.2) is 9.97 Å². The van der Waals surface area contributed by atoms with Crippen LogP contribution in [0.15, 0.2) is 168 Å². The van der Waals surface area contributed by atoms with E-state index in [4.69, 9.17) is 14.4 Å². The summed E-state index contributed by atoms with van der Waals surface area (Å²) in [6.45, 7) is 0. The first-order valence-corrected chi connectivity index (χ1v) is 19.4. The van der Waals surface area contributed by atoms with Gasteiger partial charge in [0.2, 0.25) is 5.95 Å². The normalized spacial score (nSPS) is 12.4. The predicted octanol–water partition coefficient (Wildman–Crippen LogP) is 14.1. The standard InChI is InChI=1S/C50H27N3OS/c1-2-13-29-28(12-1)24-25-38-44-40(27-26-35-32-16-4-3-14-30(32)31-15-5-6-18-34(31)43(35)44)53(47(29)38)50-51-45-37-19-7-9-22-41(37)54-48(45)46(52-50)39-21-11-20-36-33-17-8-10-23-42(33)55-49(36)39/h1-27H.